The number of ketones is 1. The van der Waals surface area contributed by atoms with Gasteiger partial charge in [0, 0.05) is 6.42 Å². The molecule has 0 aromatic rings. The van der Waals surface area contributed by atoms with Gasteiger partial charge < -0.3 is 10.2 Å². The third-order valence-corrected chi connectivity index (χ3v) is 2.33. The van der Waals surface area contributed by atoms with Crippen LogP contribution in [0.5, 0.6) is 0 Å². The smallest absolute Gasteiger partial charge is 0.311 e. The van der Waals surface area contributed by atoms with Crippen molar-refractivity contribution < 1.29 is 19.8 Å². The van der Waals surface area contributed by atoms with Gasteiger partial charge in [-0.15, -0.1) is 0 Å². The number of hydrogen-bond acceptors (Lipinski definition) is 3. The van der Waals surface area contributed by atoms with Crippen LogP contribution in [0.3, 0.4) is 0 Å². The van der Waals surface area contributed by atoms with Gasteiger partial charge in [-0.1, -0.05) is 18.2 Å². The molecule has 0 heterocycles. The standard InChI is InChI=1S/C11H14O4/c12-7-9(13)6-10(11(14)15)8-4-2-1-3-5-8/h2,4-5,10,12H,1,3,6-7H2,(H,14,15)/t10-/m1/s1. The number of aliphatic hydroxyl groups is 1. The quantitative estimate of drug-likeness (QED) is 0.707. The van der Waals surface area contributed by atoms with Crippen molar-refractivity contribution in [2.45, 2.75) is 19.3 Å². The Hall–Kier alpha value is -1.42. The molecule has 0 saturated carbocycles. The molecule has 1 aliphatic rings. The van der Waals surface area contributed by atoms with Crippen LogP contribution in [0.25, 0.3) is 0 Å². The van der Waals surface area contributed by atoms with E-state index in [0.717, 1.165) is 12.8 Å². The summed E-state index contributed by atoms with van der Waals surface area (Å²) in [7, 11) is 0. The van der Waals surface area contributed by atoms with Crippen LogP contribution in [0.4, 0.5) is 0 Å². The number of carbonyl (C=O) groups excluding carboxylic acids is 1. The Bertz CT molecular complexity index is 315. The minimum Gasteiger partial charge on any atom is -0.481 e. The summed E-state index contributed by atoms with van der Waals surface area (Å²) in [6.07, 6.45) is 7.06. The number of carboxylic acid groups (broad SMARTS) is 1. The number of rotatable bonds is 5. The lowest BCUT2D eigenvalue weighted by Gasteiger charge is -2.14. The minimum absolute atomic E-state index is 0.137. The minimum atomic E-state index is -1.02. The average Bonchev–Trinajstić information content (AvgIpc) is 2.26. The molecule has 2 N–H and O–H groups in total. The fraction of sp³-hybridized carbons (Fsp3) is 0.455. The van der Waals surface area contributed by atoms with Crippen LogP contribution in [0, 0.1) is 5.92 Å². The molecule has 15 heavy (non-hydrogen) atoms. The average molecular weight is 210 g/mol. The van der Waals surface area contributed by atoms with Crippen LogP contribution in [-0.2, 0) is 9.59 Å². The number of hydrogen-bond donors (Lipinski definition) is 2. The van der Waals surface area contributed by atoms with Crippen molar-refractivity contribution in [3.63, 3.8) is 0 Å². The van der Waals surface area contributed by atoms with Gasteiger partial charge in [0.1, 0.15) is 6.61 Å². The summed E-state index contributed by atoms with van der Waals surface area (Å²) in [6.45, 7) is -0.596. The highest BCUT2D eigenvalue weighted by atomic mass is 16.4. The molecule has 0 amide bonds. The van der Waals surface area contributed by atoms with Gasteiger partial charge in [0.05, 0.1) is 5.92 Å². The topological polar surface area (TPSA) is 74.6 Å². The van der Waals surface area contributed by atoms with Crippen LogP contribution in [0.2, 0.25) is 0 Å². The van der Waals surface area contributed by atoms with E-state index in [-0.39, 0.29) is 6.42 Å². The molecule has 0 saturated heterocycles. The normalized spacial score (nSPS) is 17.0. The summed E-state index contributed by atoms with van der Waals surface area (Å²) in [5.41, 5.74) is 0.663. The molecule has 1 atom stereocenters. The van der Waals surface area contributed by atoms with Gasteiger partial charge in [-0.25, -0.2) is 0 Å². The van der Waals surface area contributed by atoms with E-state index in [0.29, 0.717) is 5.57 Å². The molecule has 1 rings (SSSR count). The maximum absolute atomic E-state index is 11.0. The first kappa shape index (κ1) is 11.7. The Morgan fingerprint density at radius 1 is 1.40 bits per heavy atom. The van der Waals surface area contributed by atoms with E-state index in [9.17, 15) is 9.59 Å². The molecule has 82 valence electrons. The van der Waals surface area contributed by atoms with Crippen LogP contribution in [-0.4, -0.2) is 28.6 Å². The van der Waals surface area contributed by atoms with Gasteiger partial charge in [-0.3, -0.25) is 9.59 Å². The van der Waals surface area contributed by atoms with Crippen molar-refractivity contribution in [2.75, 3.05) is 6.61 Å². The third kappa shape index (κ3) is 3.32. The maximum Gasteiger partial charge on any atom is 0.311 e. The number of aliphatic carboxylic acids is 1. The molecule has 0 aromatic heterocycles. The molecule has 0 radical (unpaired) electrons. The Labute approximate surface area is 87.9 Å². The molecule has 4 heteroatoms. The molecule has 1 aliphatic carbocycles. The fourth-order valence-electron chi connectivity index (χ4n) is 1.53. The molecule has 4 nitrogen and oxygen atoms in total. The van der Waals surface area contributed by atoms with Gasteiger partial charge in [0.2, 0.25) is 0 Å². The fourth-order valence-corrected chi connectivity index (χ4v) is 1.53. The number of Topliss-reactive ketones (excluding diaryl/α,β-unsaturated/α-hetero) is 1. The van der Waals surface area contributed by atoms with Crippen LogP contribution >= 0.6 is 0 Å². The van der Waals surface area contributed by atoms with E-state index >= 15 is 0 Å². The summed E-state index contributed by atoms with van der Waals surface area (Å²) < 4.78 is 0. The Balaban J connectivity index is 2.73. The van der Waals surface area contributed by atoms with Gasteiger partial charge in [-0.2, -0.15) is 0 Å². The lowest BCUT2D eigenvalue weighted by Crippen LogP contribution is -2.21. The largest absolute Gasteiger partial charge is 0.481 e. The van der Waals surface area contributed by atoms with E-state index in [4.69, 9.17) is 10.2 Å². The second-order valence-corrected chi connectivity index (χ2v) is 3.48. The molecule has 0 spiro atoms. The van der Waals surface area contributed by atoms with Gasteiger partial charge in [-0.05, 0) is 18.4 Å². The van der Waals surface area contributed by atoms with E-state index in [1.807, 2.05) is 12.2 Å². The van der Waals surface area contributed by atoms with E-state index in [2.05, 4.69) is 0 Å². The lowest BCUT2D eigenvalue weighted by atomic mass is 9.90. The third-order valence-electron chi connectivity index (χ3n) is 2.33. The monoisotopic (exact) mass is 210 g/mol. The van der Waals surface area contributed by atoms with Crippen molar-refractivity contribution in [3.05, 3.63) is 23.8 Å². The van der Waals surface area contributed by atoms with Gasteiger partial charge in [0.25, 0.3) is 0 Å². The zero-order valence-electron chi connectivity index (χ0n) is 8.35. The summed E-state index contributed by atoms with van der Waals surface area (Å²) in [5, 5.41) is 17.5. The summed E-state index contributed by atoms with van der Waals surface area (Å²) in [5.74, 6) is -2.28. The van der Waals surface area contributed by atoms with E-state index in [1.54, 1.807) is 6.08 Å². The molecule has 0 aromatic carbocycles. The zero-order chi connectivity index (χ0) is 11.3. The van der Waals surface area contributed by atoms with Crippen molar-refractivity contribution in [1.82, 2.24) is 0 Å². The molecule has 0 unspecified atom stereocenters. The molecule has 0 bridgehead atoms. The first-order valence-electron chi connectivity index (χ1n) is 4.87. The number of carbonyl (C=O) groups is 2. The van der Waals surface area contributed by atoms with Crippen molar-refractivity contribution in [2.24, 2.45) is 5.92 Å². The number of carboxylic acids is 1. The molecular weight excluding hydrogens is 196 g/mol. The van der Waals surface area contributed by atoms with Crippen LogP contribution in [0.15, 0.2) is 23.8 Å². The molecule has 0 aliphatic heterocycles. The second-order valence-electron chi connectivity index (χ2n) is 3.48. The predicted molar refractivity (Wildman–Crippen MR) is 54.3 cm³/mol. The first-order valence-corrected chi connectivity index (χ1v) is 4.87. The highest BCUT2D eigenvalue weighted by Crippen LogP contribution is 2.22. The van der Waals surface area contributed by atoms with Crippen molar-refractivity contribution >= 4 is 11.8 Å². The van der Waals surface area contributed by atoms with Crippen molar-refractivity contribution in [3.8, 4) is 0 Å². The number of aliphatic hydroxyl groups excluding tert-OH is 1. The summed E-state index contributed by atoms with van der Waals surface area (Å²) in [6, 6.07) is 0. The molecule has 0 fully saturated rings. The first-order chi connectivity index (χ1) is 7.15. The van der Waals surface area contributed by atoms with Gasteiger partial charge >= 0.3 is 5.97 Å². The van der Waals surface area contributed by atoms with Crippen LogP contribution < -0.4 is 0 Å². The van der Waals surface area contributed by atoms with Crippen molar-refractivity contribution in [1.29, 1.82) is 0 Å². The molecular formula is C11H14O4. The SMILES string of the molecule is O=C(CO)C[C@@H](C(=O)O)C1=CCCC=C1. The lowest BCUT2D eigenvalue weighted by molar-refractivity contribution is -0.142. The summed E-state index contributed by atoms with van der Waals surface area (Å²) >= 11 is 0. The van der Waals surface area contributed by atoms with Crippen LogP contribution in [0.1, 0.15) is 19.3 Å². The van der Waals surface area contributed by atoms with Gasteiger partial charge in [0.15, 0.2) is 5.78 Å². The number of allylic oxidation sites excluding steroid dienone is 3. The Morgan fingerprint density at radius 2 is 2.13 bits per heavy atom. The Kier molecular flexibility index (Phi) is 4.24. The van der Waals surface area contributed by atoms with E-state index < -0.39 is 24.3 Å². The highest BCUT2D eigenvalue weighted by molar-refractivity contribution is 5.86. The van der Waals surface area contributed by atoms with E-state index in [1.165, 1.54) is 0 Å². The zero-order valence-corrected chi connectivity index (χ0v) is 8.35. The maximum atomic E-state index is 11.0. The highest BCUT2D eigenvalue weighted by Gasteiger charge is 2.23. The summed E-state index contributed by atoms with van der Waals surface area (Å²) in [4.78, 5) is 21.9. The Morgan fingerprint density at radius 3 is 2.60 bits per heavy atom. The predicted octanol–water partition coefficient (Wildman–Crippen LogP) is 0.915. The second kappa shape index (κ2) is 5.46.